The smallest absolute Gasteiger partial charge is 0.221 e. The molecule has 0 saturated carbocycles. The lowest BCUT2D eigenvalue weighted by Gasteiger charge is -2.08. The van der Waals surface area contributed by atoms with Gasteiger partial charge in [-0.2, -0.15) is 0 Å². The van der Waals surface area contributed by atoms with Crippen LogP contribution >= 0.6 is 11.3 Å². The van der Waals surface area contributed by atoms with E-state index < -0.39 is 0 Å². The van der Waals surface area contributed by atoms with E-state index in [1.165, 1.54) is 18.3 Å². The zero-order valence-electron chi connectivity index (χ0n) is 14.8. The number of anilines is 3. The molecule has 138 valence electrons. The van der Waals surface area contributed by atoms with E-state index in [1.807, 2.05) is 47.8 Å². The summed E-state index contributed by atoms with van der Waals surface area (Å²) in [5, 5.41) is 8.83. The van der Waals surface area contributed by atoms with Crippen molar-refractivity contribution in [2.24, 2.45) is 0 Å². The van der Waals surface area contributed by atoms with Crippen LogP contribution in [0.1, 0.15) is 13.3 Å². The van der Waals surface area contributed by atoms with E-state index in [-0.39, 0.29) is 5.91 Å². The fraction of sp³-hybridized carbons (Fsp3) is 0.200. The van der Waals surface area contributed by atoms with Crippen molar-refractivity contribution in [3.8, 4) is 22.8 Å². The number of amides is 1. The third-order valence-electron chi connectivity index (χ3n) is 3.98. The van der Waals surface area contributed by atoms with Gasteiger partial charge < -0.3 is 20.1 Å². The molecule has 0 unspecified atom stereocenters. The average molecular weight is 381 g/mol. The Morgan fingerprint density at radius 1 is 1.07 bits per heavy atom. The lowest BCUT2D eigenvalue weighted by molar-refractivity contribution is -0.114. The van der Waals surface area contributed by atoms with E-state index >= 15 is 0 Å². The number of nitrogens with zero attached hydrogens (tertiary/aromatic N) is 1. The van der Waals surface area contributed by atoms with Gasteiger partial charge in [0.1, 0.15) is 0 Å². The van der Waals surface area contributed by atoms with Gasteiger partial charge in [-0.15, -0.1) is 11.3 Å². The first-order valence-electron chi connectivity index (χ1n) is 8.67. The molecule has 0 radical (unpaired) electrons. The van der Waals surface area contributed by atoms with Gasteiger partial charge in [0.05, 0.1) is 18.9 Å². The van der Waals surface area contributed by atoms with Crippen LogP contribution in [0.15, 0.2) is 47.8 Å². The van der Waals surface area contributed by atoms with Crippen molar-refractivity contribution in [3.05, 3.63) is 47.8 Å². The number of ether oxygens (including phenoxy) is 2. The monoisotopic (exact) mass is 381 g/mol. The molecule has 7 heteroatoms. The van der Waals surface area contributed by atoms with Crippen molar-refractivity contribution in [3.63, 3.8) is 0 Å². The van der Waals surface area contributed by atoms with Gasteiger partial charge in [-0.3, -0.25) is 4.79 Å². The van der Waals surface area contributed by atoms with Crippen molar-refractivity contribution >= 4 is 33.8 Å². The first-order valence-corrected chi connectivity index (χ1v) is 9.55. The fourth-order valence-electron chi connectivity index (χ4n) is 2.79. The van der Waals surface area contributed by atoms with Crippen LogP contribution in [0.2, 0.25) is 0 Å². The van der Waals surface area contributed by atoms with Crippen molar-refractivity contribution < 1.29 is 14.3 Å². The van der Waals surface area contributed by atoms with Crippen molar-refractivity contribution in [1.82, 2.24) is 4.98 Å². The summed E-state index contributed by atoms with van der Waals surface area (Å²) in [6, 6.07) is 13.4. The Morgan fingerprint density at radius 2 is 1.89 bits per heavy atom. The molecule has 2 N–H and O–H groups in total. The van der Waals surface area contributed by atoms with Gasteiger partial charge in [-0.25, -0.2) is 4.98 Å². The Bertz CT molecular complexity index is 971. The van der Waals surface area contributed by atoms with Crippen LogP contribution in [0.5, 0.6) is 11.5 Å². The second-order valence-corrected chi connectivity index (χ2v) is 6.99. The maximum Gasteiger partial charge on any atom is 0.221 e. The largest absolute Gasteiger partial charge is 0.490 e. The number of carbonyl (C=O) groups excluding carboxylic acids is 1. The van der Waals surface area contributed by atoms with Gasteiger partial charge in [-0.05, 0) is 36.4 Å². The lowest BCUT2D eigenvalue weighted by atomic mass is 10.1. The first kappa shape index (κ1) is 17.4. The van der Waals surface area contributed by atoms with Gasteiger partial charge in [0.25, 0.3) is 0 Å². The molecule has 1 aliphatic heterocycles. The average Bonchev–Trinajstić information content (AvgIpc) is 2.97. The van der Waals surface area contributed by atoms with Crippen molar-refractivity contribution in [2.75, 3.05) is 23.8 Å². The second kappa shape index (κ2) is 7.67. The SMILES string of the molecule is CC(=O)Nc1cccc(Nc2nc(-c3ccc4c(c3)OCCCO4)cs2)c1. The van der Waals surface area contributed by atoms with Gasteiger partial charge in [0.15, 0.2) is 16.6 Å². The normalized spacial score (nSPS) is 12.9. The van der Waals surface area contributed by atoms with E-state index in [9.17, 15) is 4.79 Å². The van der Waals surface area contributed by atoms with Crippen LogP contribution < -0.4 is 20.1 Å². The summed E-state index contributed by atoms with van der Waals surface area (Å²) in [5.74, 6) is 1.44. The number of fused-ring (bicyclic) bond motifs is 1. The Hall–Kier alpha value is -3.06. The molecule has 3 aromatic rings. The summed E-state index contributed by atoms with van der Waals surface area (Å²) >= 11 is 1.52. The highest BCUT2D eigenvalue weighted by Gasteiger charge is 2.13. The Balaban J connectivity index is 1.52. The number of benzene rings is 2. The molecular weight excluding hydrogens is 362 g/mol. The molecule has 1 aromatic heterocycles. The molecule has 0 spiro atoms. The molecule has 0 saturated heterocycles. The summed E-state index contributed by atoms with van der Waals surface area (Å²) in [5.41, 5.74) is 3.46. The van der Waals surface area contributed by atoms with Gasteiger partial charge in [-0.1, -0.05) is 6.07 Å². The van der Waals surface area contributed by atoms with Crippen LogP contribution in [-0.2, 0) is 4.79 Å². The lowest BCUT2D eigenvalue weighted by Crippen LogP contribution is -2.05. The Labute approximate surface area is 161 Å². The second-order valence-electron chi connectivity index (χ2n) is 6.14. The highest BCUT2D eigenvalue weighted by Crippen LogP contribution is 2.35. The van der Waals surface area contributed by atoms with Crippen LogP contribution in [0.25, 0.3) is 11.3 Å². The molecule has 1 aliphatic rings. The number of hydrogen-bond acceptors (Lipinski definition) is 6. The minimum absolute atomic E-state index is 0.0990. The van der Waals surface area contributed by atoms with E-state index in [0.717, 1.165) is 45.7 Å². The molecule has 0 aliphatic carbocycles. The maximum absolute atomic E-state index is 11.2. The van der Waals surface area contributed by atoms with Crippen LogP contribution in [-0.4, -0.2) is 24.1 Å². The first-order chi connectivity index (χ1) is 13.2. The predicted octanol–water partition coefficient (Wildman–Crippen LogP) is 4.67. The van der Waals surface area contributed by atoms with E-state index in [2.05, 4.69) is 15.6 Å². The fourth-order valence-corrected chi connectivity index (χ4v) is 3.53. The molecular formula is C20H19N3O3S. The minimum Gasteiger partial charge on any atom is -0.490 e. The predicted molar refractivity (Wildman–Crippen MR) is 107 cm³/mol. The minimum atomic E-state index is -0.0990. The molecule has 1 amide bonds. The number of thiazole rings is 1. The van der Waals surface area contributed by atoms with Crippen LogP contribution in [0.4, 0.5) is 16.5 Å². The van der Waals surface area contributed by atoms with E-state index in [1.54, 1.807) is 0 Å². The highest BCUT2D eigenvalue weighted by molar-refractivity contribution is 7.14. The maximum atomic E-state index is 11.2. The molecule has 0 bridgehead atoms. The Kier molecular flexibility index (Phi) is 4.93. The van der Waals surface area contributed by atoms with E-state index in [4.69, 9.17) is 9.47 Å². The summed E-state index contributed by atoms with van der Waals surface area (Å²) in [7, 11) is 0. The highest BCUT2D eigenvalue weighted by atomic mass is 32.1. The topological polar surface area (TPSA) is 72.5 Å². The summed E-state index contributed by atoms with van der Waals surface area (Å²) in [6.45, 7) is 2.82. The zero-order valence-corrected chi connectivity index (χ0v) is 15.6. The third-order valence-corrected chi connectivity index (χ3v) is 4.74. The molecule has 2 heterocycles. The molecule has 27 heavy (non-hydrogen) atoms. The quantitative estimate of drug-likeness (QED) is 0.687. The van der Waals surface area contributed by atoms with Crippen LogP contribution in [0, 0.1) is 0 Å². The number of nitrogens with one attached hydrogen (secondary N) is 2. The molecule has 2 aromatic carbocycles. The molecule has 0 fully saturated rings. The van der Waals surface area contributed by atoms with Crippen molar-refractivity contribution in [2.45, 2.75) is 13.3 Å². The van der Waals surface area contributed by atoms with Gasteiger partial charge >= 0.3 is 0 Å². The number of rotatable bonds is 4. The number of carbonyl (C=O) groups is 1. The standard InChI is InChI=1S/C20H19N3O3S/c1-13(24)21-15-4-2-5-16(11-15)22-20-23-17(12-27-20)14-6-7-18-19(10-14)26-9-3-8-25-18/h2,4-7,10-12H,3,8-9H2,1H3,(H,21,24)(H,22,23). The number of aromatic nitrogens is 1. The summed E-state index contributed by atoms with van der Waals surface area (Å²) < 4.78 is 11.4. The van der Waals surface area contributed by atoms with Crippen LogP contribution in [0.3, 0.4) is 0 Å². The molecule has 0 atom stereocenters. The van der Waals surface area contributed by atoms with Crippen molar-refractivity contribution in [1.29, 1.82) is 0 Å². The summed E-state index contributed by atoms with van der Waals surface area (Å²) in [6.07, 6.45) is 0.881. The van der Waals surface area contributed by atoms with E-state index in [0.29, 0.717) is 13.2 Å². The molecule has 4 rings (SSSR count). The zero-order chi connectivity index (χ0) is 18.6. The van der Waals surface area contributed by atoms with Gasteiger partial charge in [0.2, 0.25) is 5.91 Å². The molecule has 6 nitrogen and oxygen atoms in total. The third kappa shape index (κ3) is 4.20. The summed E-state index contributed by atoms with van der Waals surface area (Å²) in [4.78, 5) is 15.9. The Morgan fingerprint density at radius 3 is 2.74 bits per heavy atom. The van der Waals surface area contributed by atoms with Gasteiger partial charge in [0, 0.05) is 35.7 Å². The number of hydrogen-bond donors (Lipinski definition) is 2.